The van der Waals surface area contributed by atoms with Crippen LogP contribution in [0, 0.1) is 49.4 Å². The van der Waals surface area contributed by atoms with Crippen molar-refractivity contribution in [2.75, 3.05) is 5.32 Å². The second kappa shape index (κ2) is 5.54. The van der Waals surface area contributed by atoms with Crippen LogP contribution >= 0.6 is 0 Å². The van der Waals surface area contributed by atoms with Gasteiger partial charge in [-0.2, -0.15) is 0 Å². The summed E-state index contributed by atoms with van der Waals surface area (Å²) >= 11 is 0. The van der Waals surface area contributed by atoms with Gasteiger partial charge in [0.1, 0.15) is 6.04 Å². The first-order chi connectivity index (χ1) is 12.9. The summed E-state index contributed by atoms with van der Waals surface area (Å²) in [5.74, 6) is 0.362. The Morgan fingerprint density at radius 3 is 2.26 bits per heavy atom. The average Bonchev–Trinajstić information content (AvgIpc) is 3.42. The number of allylic oxidation sites excluding steroid dienone is 2. The first-order valence-electron chi connectivity index (χ1n) is 9.82. The molecule has 0 aromatic heterocycles. The third-order valence-corrected chi connectivity index (χ3v) is 7.11. The van der Waals surface area contributed by atoms with Gasteiger partial charge in [-0.15, -0.1) is 0 Å². The van der Waals surface area contributed by atoms with Crippen molar-refractivity contribution >= 4 is 23.4 Å². The molecular weight excluding hydrogens is 340 g/mol. The number of nitrogens with one attached hydrogen (secondary N) is 1. The lowest BCUT2D eigenvalue weighted by atomic mass is 9.63. The summed E-state index contributed by atoms with van der Waals surface area (Å²) in [4.78, 5) is 40.3. The summed E-state index contributed by atoms with van der Waals surface area (Å²) in [6.07, 6.45) is 5.43. The van der Waals surface area contributed by atoms with E-state index in [1.165, 1.54) is 4.90 Å². The van der Waals surface area contributed by atoms with Gasteiger partial charge in [-0.1, -0.05) is 24.3 Å². The smallest absolute Gasteiger partial charge is 0.247 e. The lowest BCUT2D eigenvalue weighted by molar-refractivity contribution is -0.146. The minimum Gasteiger partial charge on any atom is -0.324 e. The molecule has 1 heterocycles. The number of nitrogens with zero attached hydrogens (tertiary/aromatic N) is 1. The monoisotopic (exact) mass is 364 g/mol. The maximum Gasteiger partial charge on any atom is 0.247 e. The zero-order chi connectivity index (χ0) is 19.0. The van der Waals surface area contributed by atoms with Gasteiger partial charge in [-0.25, -0.2) is 0 Å². The molecule has 0 unspecified atom stereocenters. The van der Waals surface area contributed by atoms with Crippen molar-refractivity contribution in [1.82, 2.24) is 4.90 Å². The molecule has 3 amide bonds. The SMILES string of the molecule is Cc1ccc(C)c(NC(=O)[C@H](C)N2C(=O)[C@H]3[C@@H]4C=C[C@H]([C@H]5C[C@H]45)[C@@H]3C2=O)c1. The van der Waals surface area contributed by atoms with Gasteiger partial charge in [-0.3, -0.25) is 19.3 Å². The molecule has 0 spiro atoms. The van der Waals surface area contributed by atoms with Gasteiger partial charge in [0.25, 0.3) is 0 Å². The third-order valence-electron chi connectivity index (χ3n) is 7.11. The summed E-state index contributed by atoms with van der Waals surface area (Å²) in [6, 6.07) is 5.05. The Kier molecular flexibility index (Phi) is 3.43. The summed E-state index contributed by atoms with van der Waals surface area (Å²) in [5.41, 5.74) is 2.73. The molecule has 6 rings (SSSR count). The number of amides is 3. The van der Waals surface area contributed by atoms with Crippen LogP contribution in [0.5, 0.6) is 0 Å². The van der Waals surface area contributed by atoms with E-state index < -0.39 is 6.04 Å². The molecule has 140 valence electrons. The minimum absolute atomic E-state index is 0.154. The normalized spacial score (nSPS) is 36.5. The highest BCUT2D eigenvalue weighted by atomic mass is 16.2. The van der Waals surface area contributed by atoms with E-state index in [0.717, 1.165) is 23.2 Å². The number of likely N-dealkylation sites (tertiary alicyclic amines) is 1. The standard InChI is InChI=1S/C22H24N2O3/c1-10-4-5-11(2)17(8-10)23-20(25)12(3)24-21(26)18-13-6-7-14(16-9-15(13)16)19(18)22(24)27/h4-8,12-16,18-19H,9H2,1-3H3,(H,23,25)/t12-,13+,14+,15+,16+,18-,19-/m0/s1. The first-order valence-corrected chi connectivity index (χ1v) is 9.82. The van der Waals surface area contributed by atoms with Crippen LogP contribution in [0.15, 0.2) is 30.4 Å². The van der Waals surface area contributed by atoms with E-state index in [-0.39, 0.29) is 41.4 Å². The van der Waals surface area contributed by atoms with E-state index in [9.17, 15) is 14.4 Å². The number of carbonyl (C=O) groups excluding carboxylic acids is 3. The largest absolute Gasteiger partial charge is 0.324 e. The van der Waals surface area contributed by atoms with Crippen LogP contribution in [0.1, 0.15) is 24.5 Å². The second-order valence-electron chi connectivity index (χ2n) is 8.68. The number of aryl methyl sites for hydroxylation is 2. The fourth-order valence-corrected chi connectivity index (χ4v) is 5.59. The predicted molar refractivity (Wildman–Crippen MR) is 101 cm³/mol. The second-order valence-corrected chi connectivity index (χ2v) is 8.68. The molecule has 3 fully saturated rings. The van der Waals surface area contributed by atoms with E-state index in [0.29, 0.717) is 11.8 Å². The quantitative estimate of drug-likeness (QED) is 0.662. The zero-order valence-corrected chi connectivity index (χ0v) is 15.8. The van der Waals surface area contributed by atoms with Crippen molar-refractivity contribution in [3.63, 3.8) is 0 Å². The van der Waals surface area contributed by atoms with Crippen LogP contribution < -0.4 is 5.32 Å². The molecule has 1 N–H and O–H groups in total. The van der Waals surface area contributed by atoms with E-state index in [2.05, 4.69) is 17.5 Å². The fourth-order valence-electron chi connectivity index (χ4n) is 5.59. The third kappa shape index (κ3) is 2.27. The topological polar surface area (TPSA) is 66.5 Å². The summed E-state index contributed by atoms with van der Waals surface area (Å²) < 4.78 is 0. The Hall–Kier alpha value is -2.43. The van der Waals surface area contributed by atoms with Gasteiger partial charge < -0.3 is 5.32 Å². The number of imide groups is 1. The number of benzene rings is 1. The zero-order valence-electron chi connectivity index (χ0n) is 15.8. The molecule has 5 nitrogen and oxygen atoms in total. The van der Waals surface area contributed by atoms with Crippen molar-refractivity contribution in [1.29, 1.82) is 0 Å². The Balaban J connectivity index is 1.39. The molecule has 2 saturated carbocycles. The first kappa shape index (κ1) is 16.7. The molecule has 5 aliphatic rings. The van der Waals surface area contributed by atoms with Gasteiger partial charge in [0.15, 0.2) is 0 Å². The van der Waals surface area contributed by atoms with E-state index >= 15 is 0 Å². The lowest BCUT2D eigenvalue weighted by Crippen LogP contribution is -2.46. The molecule has 7 atom stereocenters. The van der Waals surface area contributed by atoms with Gasteiger partial charge in [0.05, 0.1) is 11.8 Å². The number of hydrogen-bond acceptors (Lipinski definition) is 3. The highest BCUT2D eigenvalue weighted by Gasteiger charge is 2.67. The Morgan fingerprint density at radius 1 is 1.07 bits per heavy atom. The fraction of sp³-hybridized carbons (Fsp3) is 0.500. The number of carbonyl (C=O) groups is 3. The van der Waals surface area contributed by atoms with Crippen LogP contribution in [0.4, 0.5) is 5.69 Å². The Labute approximate surface area is 158 Å². The van der Waals surface area contributed by atoms with Crippen LogP contribution in [0.25, 0.3) is 0 Å². The Bertz CT molecular complexity index is 869. The number of hydrogen-bond donors (Lipinski definition) is 1. The van der Waals surface area contributed by atoms with E-state index in [1.807, 2.05) is 32.0 Å². The molecule has 4 aliphatic carbocycles. The molecule has 1 saturated heterocycles. The molecule has 27 heavy (non-hydrogen) atoms. The van der Waals surface area contributed by atoms with Crippen LogP contribution in [0.2, 0.25) is 0 Å². The maximum atomic E-state index is 13.1. The average molecular weight is 364 g/mol. The molecule has 5 heteroatoms. The van der Waals surface area contributed by atoms with Crippen LogP contribution in [-0.4, -0.2) is 28.7 Å². The number of anilines is 1. The van der Waals surface area contributed by atoms with Crippen molar-refractivity contribution in [3.8, 4) is 0 Å². The molecule has 1 aliphatic heterocycles. The predicted octanol–water partition coefficient (Wildman–Crippen LogP) is 2.68. The lowest BCUT2D eigenvalue weighted by Gasteiger charge is -2.37. The molecule has 1 aromatic rings. The maximum absolute atomic E-state index is 13.1. The van der Waals surface area contributed by atoms with Gasteiger partial charge in [-0.05, 0) is 68.1 Å². The molecule has 0 radical (unpaired) electrons. The van der Waals surface area contributed by atoms with Crippen LogP contribution in [-0.2, 0) is 14.4 Å². The summed E-state index contributed by atoms with van der Waals surface area (Å²) in [7, 11) is 0. The molecule has 1 aromatic carbocycles. The summed E-state index contributed by atoms with van der Waals surface area (Å²) in [6.45, 7) is 5.55. The van der Waals surface area contributed by atoms with Gasteiger partial charge >= 0.3 is 0 Å². The van der Waals surface area contributed by atoms with Crippen molar-refractivity contribution in [3.05, 3.63) is 41.5 Å². The highest BCUT2D eigenvalue weighted by molar-refractivity contribution is 6.10. The number of rotatable bonds is 3. The van der Waals surface area contributed by atoms with Gasteiger partial charge in [0, 0.05) is 5.69 Å². The van der Waals surface area contributed by atoms with Gasteiger partial charge in [0.2, 0.25) is 17.7 Å². The van der Waals surface area contributed by atoms with Crippen molar-refractivity contribution < 1.29 is 14.4 Å². The minimum atomic E-state index is -0.800. The molecule has 2 bridgehead atoms. The summed E-state index contributed by atoms with van der Waals surface area (Å²) in [5, 5.41) is 2.91. The molecular formula is C22H24N2O3. The Morgan fingerprint density at radius 2 is 1.67 bits per heavy atom. The van der Waals surface area contributed by atoms with Crippen molar-refractivity contribution in [2.24, 2.45) is 35.5 Å². The van der Waals surface area contributed by atoms with Crippen molar-refractivity contribution in [2.45, 2.75) is 33.2 Å². The highest BCUT2D eigenvalue weighted by Crippen LogP contribution is 2.65. The van der Waals surface area contributed by atoms with E-state index in [4.69, 9.17) is 0 Å². The van der Waals surface area contributed by atoms with E-state index in [1.54, 1.807) is 6.92 Å². The van der Waals surface area contributed by atoms with Crippen LogP contribution in [0.3, 0.4) is 0 Å².